The number of carboxylic acid groups (broad SMARTS) is 1. The van der Waals surface area contributed by atoms with E-state index in [2.05, 4.69) is 10.6 Å². The fourth-order valence-electron chi connectivity index (χ4n) is 2.50. The molecule has 10 heteroatoms. The van der Waals surface area contributed by atoms with Crippen molar-refractivity contribution in [1.29, 1.82) is 0 Å². The summed E-state index contributed by atoms with van der Waals surface area (Å²) in [5.74, 6) is -1.31. The van der Waals surface area contributed by atoms with Crippen LogP contribution in [-0.4, -0.2) is 46.5 Å². The minimum atomic E-state index is -4.50. The van der Waals surface area contributed by atoms with E-state index in [0.717, 1.165) is 24.3 Å². The summed E-state index contributed by atoms with van der Waals surface area (Å²) in [5.41, 5.74) is -2.26. The Morgan fingerprint density at radius 1 is 1.12 bits per heavy atom. The number of carbonyl (C=O) groups is 3. The lowest BCUT2D eigenvalue weighted by Crippen LogP contribution is -2.58. The standard InChI is InChI=1S/C16H17F3N2O4S/c17-16(18,19)11-3-1-10(2-4-11)13(23)20-9-12(22)21-15(14(24)25)5-7-26-8-6-15/h1-4H,5-9H2,(H,20,23)(H,21,22)(H,24,25). The molecule has 3 N–H and O–H groups in total. The Balaban J connectivity index is 1.92. The van der Waals surface area contributed by atoms with Crippen molar-refractivity contribution in [2.45, 2.75) is 24.6 Å². The van der Waals surface area contributed by atoms with Gasteiger partial charge < -0.3 is 15.7 Å². The molecule has 1 aliphatic heterocycles. The summed E-state index contributed by atoms with van der Waals surface area (Å²) in [4.78, 5) is 35.4. The summed E-state index contributed by atoms with van der Waals surface area (Å²) >= 11 is 1.60. The molecule has 1 fully saturated rings. The first-order chi connectivity index (χ1) is 12.1. The highest BCUT2D eigenvalue weighted by molar-refractivity contribution is 7.99. The third-order valence-electron chi connectivity index (χ3n) is 4.02. The summed E-state index contributed by atoms with van der Waals surface area (Å²) in [7, 11) is 0. The second-order valence-corrected chi connectivity index (χ2v) is 7.03. The van der Waals surface area contributed by atoms with Gasteiger partial charge >= 0.3 is 12.1 Å². The number of amides is 2. The molecule has 0 saturated carbocycles. The molecule has 0 aliphatic carbocycles. The van der Waals surface area contributed by atoms with E-state index in [1.165, 1.54) is 0 Å². The molecule has 1 aliphatic rings. The lowest BCUT2D eigenvalue weighted by molar-refractivity contribution is -0.148. The van der Waals surface area contributed by atoms with Crippen molar-refractivity contribution in [3.05, 3.63) is 35.4 Å². The van der Waals surface area contributed by atoms with E-state index in [9.17, 15) is 32.7 Å². The molecule has 1 saturated heterocycles. The number of aliphatic carboxylic acids is 1. The lowest BCUT2D eigenvalue weighted by Gasteiger charge is -2.33. The molecule has 0 radical (unpaired) electrons. The fourth-order valence-corrected chi connectivity index (χ4v) is 3.69. The molecule has 26 heavy (non-hydrogen) atoms. The van der Waals surface area contributed by atoms with Crippen LogP contribution in [0.1, 0.15) is 28.8 Å². The SMILES string of the molecule is O=C(CNC(=O)c1ccc(C(F)(F)F)cc1)NC1(C(=O)O)CCSCC1. The van der Waals surface area contributed by atoms with Crippen molar-refractivity contribution >= 4 is 29.5 Å². The average molecular weight is 390 g/mol. The van der Waals surface area contributed by atoms with Gasteiger partial charge in [0.2, 0.25) is 5.91 Å². The highest BCUT2D eigenvalue weighted by Gasteiger charge is 2.41. The number of hydrogen-bond donors (Lipinski definition) is 3. The topological polar surface area (TPSA) is 95.5 Å². The normalized spacial score (nSPS) is 16.6. The van der Waals surface area contributed by atoms with Gasteiger partial charge in [-0.15, -0.1) is 0 Å². The molecule has 0 aromatic heterocycles. The zero-order chi connectivity index (χ0) is 19.4. The maximum Gasteiger partial charge on any atom is 0.416 e. The molecule has 2 rings (SSSR count). The summed E-state index contributed by atoms with van der Waals surface area (Å²) in [5, 5.41) is 14.1. The van der Waals surface area contributed by atoms with Gasteiger partial charge in [-0.1, -0.05) is 0 Å². The molecule has 0 spiro atoms. The average Bonchev–Trinajstić information content (AvgIpc) is 2.59. The van der Waals surface area contributed by atoms with Crippen LogP contribution in [0.5, 0.6) is 0 Å². The molecule has 0 unspecified atom stereocenters. The number of alkyl halides is 3. The van der Waals surface area contributed by atoms with Crippen LogP contribution in [0.4, 0.5) is 13.2 Å². The lowest BCUT2D eigenvalue weighted by atomic mass is 9.92. The Bertz CT molecular complexity index is 686. The predicted octanol–water partition coefficient (Wildman–Crippen LogP) is 1.90. The molecule has 2 amide bonds. The second-order valence-electron chi connectivity index (χ2n) is 5.81. The molecule has 6 nitrogen and oxygen atoms in total. The van der Waals surface area contributed by atoms with Gasteiger partial charge in [-0.3, -0.25) is 9.59 Å². The highest BCUT2D eigenvalue weighted by Crippen LogP contribution is 2.29. The first-order valence-electron chi connectivity index (χ1n) is 7.72. The Morgan fingerprint density at radius 3 is 2.19 bits per heavy atom. The molecule has 142 valence electrons. The zero-order valence-corrected chi connectivity index (χ0v) is 14.4. The van der Waals surface area contributed by atoms with Crippen LogP contribution in [0, 0.1) is 0 Å². The Hall–Kier alpha value is -2.23. The minimum Gasteiger partial charge on any atom is -0.480 e. The molecule has 0 atom stereocenters. The van der Waals surface area contributed by atoms with E-state index in [0.29, 0.717) is 11.5 Å². The largest absolute Gasteiger partial charge is 0.480 e. The highest BCUT2D eigenvalue weighted by atomic mass is 32.2. The molecular weight excluding hydrogens is 373 g/mol. The van der Waals surface area contributed by atoms with Crippen LogP contribution < -0.4 is 10.6 Å². The van der Waals surface area contributed by atoms with Crippen LogP contribution in [-0.2, 0) is 15.8 Å². The summed E-state index contributed by atoms with van der Waals surface area (Å²) in [6, 6.07) is 3.56. The van der Waals surface area contributed by atoms with E-state index in [-0.39, 0.29) is 18.4 Å². The number of carboxylic acids is 1. The van der Waals surface area contributed by atoms with Crippen molar-refractivity contribution in [3.8, 4) is 0 Å². The van der Waals surface area contributed by atoms with Crippen LogP contribution >= 0.6 is 11.8 Å². The molecule has 1 heterocycles. The van der Waals surface area contributed by atoms with Crippen molar-refractivity contribution in [2.75, 3.05) is 18.1 Å². The first-order valence-corrected chi connectivity index (χ1v) is 8.87. The van der Waals surface area contributed by atoms with E-state index in [1.807, 2.05) is 0 Å². The van der Waals surface area contributed by atoms with Gasteiger partial charge in [-0.25, -0.2) is 4.79 Å². The number of thioether (sulfide) groups is 1. The number of rotatable bonds is 5. The van der Waals surface area contributed by atoms with Crippen molar-refractivity contribution < 1.29 is 32.7 Å². The smallest absolute Gasteiger partial charge is 0.416 e. The fraction of sp³-hybridized carbons (Fsp3) is 0.438. The van der Waals surface area contributed by atoms with Gasteiger partial charge in [0.25, 0.3) is 5.91 Å². The minimum absolute atomic E-state index is 0.0344. The van der Waals surface area contributed by atoms with E-state index >= 15 is 0 Å². The van der Waals surface area contributed by atoms with Crippen molar-refractivity contribution in [2.24, 2.45) is 0 Å². The second kappa shape index (κ2) is 7.98. The maximum absolute atomic E-state index is 12.5. The van der Waals surface area contributed by atoms with Gasteiger partial charge in [0.1, 0.15) is 5.54 Å². The predicted molar refractivity (Wildman–Crippen MR) is 88.8 cm³/mol. The zero-order valence-electron chi connectivity index (χ0n) is 13.6. The molecule has 1 aromatic carbocycles. The van der Waals surface area contributed by atoms with E-state index in [4.69, 9.17) is 0 Å². The van der Waals surface area contributed by atoms with E-state index < -0.39 is 41.6 Å². The third kappa shape index (κ3) is 4.90. The Kier molecular flexibility index (Phi) is 6.17. The number of hydrogen-bond acceptors (Lipinski definition) is 4. The monoisotopic (exact) mass is 390 g/mol. The number of benzene rings is 1. The number of nitrogens with one attached hydrogen (secondary N) is 2. The maximum atomic E-state index is 12.5. The van der Waals surface area contributed by atoms with Crippen LogP contribution in [0.25, 0.3) is 0 Å². The van der Waals surface area contributed by atoms with Gasteiger partial charge in [0, 0.05) is 5.56 Å². The quantitative estimate of drug-likeness (QED) is 0.714. The number of carbonyl (C=O) groups excluding carboxylic acids is 2. The van der Waals surface area contributed by atoms with Crippen molar-refractivity contribution in [1.82, 2.24) is 10.6 Å². The van der Waals surface area contributed by atoms with Gasteiger partial charge in [0.15, 0.2) is 0 Å². The molecular formula is C16H17F3N2O4S. The molecule has 1 aromatic rings. The van der Waals surface area contributed by atoms with Crippen LogP contribution in [0.2, 0.25) is 0 Å². The van der Waals surface area contributed by atoms with Gasteiger partial charge in [0.05, 0.1) is 12.1 Å². The third-order valence-corrected chi connectivity index (χ3v) is 5.00. The Labute approximate surface area is 151 Å². The van der Waals surface area contributed by atoms with Crippen LogP contribution in [0.15, 0.2) is 24.3 Å². The van der Waals surface area contributed by atoms with Crippen molar-refractivity contribution in [3.63, 3.8) is 0 Å². The summed E-state index contributed by atoms with van der Waals surface area (Å²) in [6.07, 6.45) is -3.94. The van der Waals surface area contributed by atoms with Gasteiger partial charge in [-0.2, -0.15) is 24.9 Å². The Morgan fingerprint density at radius 2 is 1.69 bits per heavy atom. The first kappa shape index (κ1) is 20.1. The van der Waals surface area contributed by atoms with E-state index in [1.54, 1.807) is 11.8 Å². The summed E-state index contributed by atoms with van der Waals surface area (Å²) in [6.45, 7) is -0.470. The summed E-state index contributed by atoms with van der Waals surface area (Å²) < 4.78 is 37.5. The molecule has 0 bridgehead atoms. The number of halogens is 3. The van der Waals surface area contributed by atoms with Crippen LogP contribution in [0.3, 0.4) is 0 Å². The van der Waals surface area contributed by atoms with Gasteiger partial charge in [-0.05, 0) is 48.6 Å².